The molecule has 0 saturated carbocycles. The van der Waals surface area contributed by atoms with Gasteiger partial charge in [0.05, 0.1) is 47.4 Å². The smallest absolute Gasteiger partial charge is 0.337 e. The molecule has 6 nitrogen and oxygen atoms in total. The van der Waals surface area contributed by atoms with Crippen LogP contribution in [0.25, 0.3) is 43.6 Å². The molecule has 34 heavy (non-hydrogen) atoms. The number of methoxy groups -OCH3 is 2. The van der Waals surface area contributed by atoms with Gasteiger partial charge in [0.15, 0.2) is 0 Å². The van der Waals surface area contributed by atoms with Crippen molar-refractivity contribution in [3.05, 3.63) is 96.1 Å². The van der Waals surface area contributed by atoms with Crippen molar-refractivity contribution in [3.63, 3.8) is 0 Å². The second kappa shape index (κ2) is 7.49. The maximum atomic E-state index is 12.4. The molecule has 0 radical (unpaired) electrons. The van der Waals surface area contributed by atoms with E-state index in [1.54, 1.807) is 12.1 Å². The SMILES string of the molecule is COC(=O)c1ccc2c3ccccc3n(-n3c4ccccc4c4ccc(C(=O)OC)cc43)c2c1. The summed E-state index contributed by atoms with van der Waals surface area (Å²) in [4.78, 5) is 24.7. The van der Waals surface area contributed by atoms with Gasteiger partial charge in [0.25, 0.3) is 0 Å². The number of benzene rings is 4. The lowest BCUT2D eigenvalue weighted by atomic mass is 10.1. The zero-order valence-electron chi connectivity index (χ0n) is 18.6. The minimum absolute atomic E-state index is 0.395. The first-order valence-corrected chi connectivity index (χ1v) is 10.9. The molecule has 0 saturated heterocycles. The van der Waals surface area contributed by atoms with Crippen LogP contribution in [0.15, 0.2) is 84.9 Å². The third-order valence-electron chi connectivity index (χ3n) is 6.34. The predicted molar refractivity (Wildman–Crippen MR) is 132 cm³/mol. The topological polar surface area (TPSA) is 62.5 Å². The first-order valence-electron chi connectivity index (χ1n) is 10.9. The van der Waals surface area contributed by atoms with E-state index in [2.05, 4.69) is 33.6 Å². The maximum absolute atomic E-state index is 12.4. The fraction of sp³-hybridized carbons (Fsp3) is 0.0714. The minimum Gasteiger partial charge on any atom is -0.465 e. The number of aromatic nitrogens is 2. The summed E-state index contributed by atoms with van der Waals surface area (Å²) >= 11 is 0. The molecule has 6 aromatic rings. The molecule has 0 spiro atoms. The Balaban J connectivity index is 1.82. The van der Waals surface area contributed by atoms with E-state index in [4.69, 9.17) is 9.47 Å². The zero-order chi connectivity index (χ0) is 23.4. The second-order valence-corrected chi connectivity index (χ2v) is 8.10. The quantitative estimate of drug-likeness (QED) is 0.322. The molecule has 0 aliphatic carbocycles. The highest BCUT2D eigenvalue weighted by molar-refractivity contribution is 6.13. The molecule has 2 heterocycles. The third kappa shape index (κ3) is 2.75. The summed E-state index contributed by atoms with van der Waals surface area (Å²) < 4.78 is 14.2. The maximum Gasteiger partial charge on any atom is 0.337 e. The van der Waals surface area contributed by atoms with Crippen molar-refractivity contribution in [3.8, 4) is 0 Å². The highest BCUT2D eigenvalue weighted by atomic mass is 16.5. The van der Waals surface area contributed by atoms with Crippen molar-refractivity contribution in [2.75, 3.05) is 14.2 Å². The van der Waals surface area contributed by atoms with E-state index in [1.165, 1.54) is 14.2 Å². The van der Waals surface area contributed by atoms with Gasteiger partial charge in [0.1, 0.15) is 0 Å². The number of esters is 2. The van der Waals surface area contributed by atoms with Crippen molar-refractivity contribution >= 4 is 55.6 Å². The molecule has 4 aromatic carbocycles. The Morgan fingerprint density at radius 1 is 0.529 bits per heavy atom. The van der Waals surface area contributed by atoms with Gasteiger partial charge in [-0.25, -0.2) is 18.9 Å². The van der Waals surface area contributed by atoms with Crippen molar-refractivity contribution in [2.45, 2.75) is 0 Å². The fourth-order valence-electron chi connectivity index (χ4n) is 4.82. The summed E-state index contributed by atoms with van der Waals surface area (Å²) in [5.41, 5.74) is 4.60. The molecular formula is C28H20N2O4. The van der Waals surface area contributed by atoms with Gasteiger partial charge in [0.2, 0.25) is 0 Å². The highest BCUT2D eigenvalue weighted by Crippen LogP contribution is 2.35. The lowest BCUT2D eigenvalue weighted by Crippen LogP contribution is -2.10. The molecule has 0 unspecified atom stereocenters. The van der Waals surface area contributed by atoms with Crippen LogP contribution >= 0.6 is 0 Å². The molecule has 2 aromatic heterocycles. The van der Waals surface area contributed by atoms with Gasteiger partial charge in [-0.15, -0.1) is 0 Å². The lowest BCUT2D eigenvalue weighted by Gasteiger charge is -2.14. The van der Waals surface area contributed by atoms with Gasteiger partial charge in [-0.2, -0.15) is 0 Å². The zero-order valence-corrected chi connectivity index (χ0v) is 18.6. The first-order chi connectivity index (χ1) is 16.6. The van der Waals surface area contributed by atoms with Crippen molar-refractivity contribution in [1.82, 2.24) is 9.35 Å². The highest BCUT2D eigenvalue weighted by Gasteiger charge is 2.20. The number of ether oxygens (including phenoxy) is 2. The van der Waals surface area contributed by atoms with E-state index < -0.39 is 11.9 Å². The first kappa shape index (κ1) is 20.1. The summed E-state index contributed by atoms with van der Waals surface area (Å²) in [6.45, 7) is 0. The monoisotopic (exact) mass is 448 g/mol. The van der Waals surface area contributed by atoms with Crippen LogP contribution in [0.5, 0.6) is 0 Å². The normalized spacial score (nSPS) is 11.5. The van der Waals surface area contributed by atoms with Crippen LogP contribution in [0.2, 0.25) is 0 Å². The van der Waals surface area contributed by atoms with Gasteiger partial charge < -0.3 is 9.47 Å². The molecule has 0 bridgehead atoms. The Morgan fingerprint density at radius 2 is 0.912 bits per heavy atom. The summed E-state index contributed by atoms with van der Waals surface area (Å²) in [6, 6.07) is 27.4. The van der Waals surface area contributed by atoms with Crippen LogP contribution in [0.3, 0.4) is 0 Å². The van der Waals surface area contributed by atoms with Gasteiger partial charge in [-0.3, -0.25) is 0 Å². The number of fused-ring (bicyclic) bond motifs is 6. The lowest BCUT2D eigenvalue weighted by molar-refractivity contribution is 0.0592. The molecule has 0 fully saturated rings. The number of carbonyl (C=O) groups excluding carboxylic acids is 2. The van der Waals surface area contributed by atoms with E-state index >= 15 is 0 Å². The number of carbonyl (C=O) groups is 2. The Hall–Kier alpha value is -4.58. The molecule has 6 heteroatoms. The van der Waals surface area contributed by atoms with Crippen molar-refractivity contribution < 1.29 is 19.1 Å². The van der Waals surface area contributed by atoms with E-state index in [0.29, 0.717) is 11.1 Å². The van der Waals surface area contributed by atoms with Gasteiger partial charge in [-0.05, 0) is 36.4 Å². The van der Waals surface area contributed by atoms with Crippen LogP contribution < -0.4 is 0 Å². The number of rotatable bonds is 3. The van der Waals surface area contributed by atoms with Crippen molar-refractivity contribution in [1.29, 1.82) is 0 Å². The Kier molecular flexibility index (Phi) is 4.42. The third-order valence-corrected chi connectivity index (χ3v) is 6.34. The Bertz CT molecular complexity index is 1640. The summed E-state index contributed by atoms with van der Waals surface area (Å²) in [5.74, 6) is -0.789. The summed E-state index contributed by atoms with van der Waals surface area (Å²) in [5, 5.41) is 4.14. The fourth-order valence-corrected chi connectivity index (χ4v) is 4.82. The van der Waals surface area contributed by atoms with Crippen LogP contribution in [-0.4, -0.2) is 35.5 Å². The second-order valence-electron chi connectivity index (χ2n) is 8.10. The Labute approximate surface area is 194 Å². The van der Waals surface area contributed by atoms with E-state index in [-0.39, 0.29) is 0 Å². The van der Waals surface area contributed by atoms with Crippen LogP contribution in [0, 0.1) is 0 Å². The van der Waals surface area contributed by atoms with E-state index in [0.717, 1.165) is 43.6 Å². The largest absolute Gasteiger partial charge is 0.465 e. The van der Waals surface area contributed by atoms with Gasteiger partial charge in [-0.1, -0.05) is 48.5 Å². The van der Waals surface area contributed by atoms with Crippen molar-refractivity contribution in [2.24, 2.45) is 0 Å². The average molecular weight is 448 g/mol. The van der Waals surface area contributed by atoms with Gasteiger partial charge in [0, 0.05) is 21.5 Å². The number of hydrogen-bond donors (Lipinski definition) is 0. The summed E-state index contributed by atoms with van der Waals surface area (Å²) in [7, 11) is 2.76. The summed E-state index contributed by atoms with van der Waals surface area (Å²) in [6.07, 6.45) is 0. The standard InChI is InChI=1S/C28H20N2O4/c1-33-27(31)17-11-13-21-19-7-3-5-9-23(19)29(25(21)15-17)30-24-10-6-4-8-20(24)22-14-12-18(16-26(22)30)28(32)34-2/h3-16H,1-2H3. The molecule has 0 amide bonds. The number of hydrogen-bond acceptors (Lipinski definition) is 4. The van der Waals surface area contributed by atoms with Crippen LogP contribution in [0.1, 0.15) is 20.7 Å². The van der Waals surface area contributed by atoms with Crippen LogP contribution in [-0.2, 0) is 9.47 Å². The number of nitrogens with zero attached hydrogens (tertiary/aromatic N) is 2. The molecule has 6 rings (SSSR count). The van der Waals surface area contributed by atoms with Gasteiger partial charge >= 0.3 is 11.9 Å². The molecule has 0 aliphatic heterocycles. The average Bonchev–Trinajstić information content (AvgIpc) is 3.39. The van der Waals surface area contributed by atoms with E-state index in [9.17, 15) is 9.59 Å². The number of para-hydroxylation sites is 2. The van der Waals surface area contributed by atoms with Crippen LogP contribution in [0.4, 0.5) is 0 Å². The predicted octanol–water partition coefficient (Wildman–Crippen LogP) is 5.79. The van der Waals surface area contributed by atoms with E-state index in [1.807, 2.05) is 48.5 Å². The molecule has 0 atom stereocenters. The molecular weight excluding hydrogens is 428 g/mol. The molecule has 0 aliphatic rings. The minimum atomic E-state index is -0.395. The molecule has 0 N–H and O–H groups in total. The molecule has 166 valence electrons. The Morgan fingerprint density at radius 3 is 1.32 bits per heavy atom.